The highest BCUT2D eigenvalue weighted by Gasteiger charge is 2.07. The van der Waals surface area contributed by atoms with E-state index in [1.807, 2.05) is 6.07 Å². The zero-order valence-electron chi connectivity index (χ0n) is 6.81. The molecule has 1 aromatic rings. The average molecular weight is 176 g/mol. The molecule has 0 bridgehead atoms. The monoisotopic (exact) mass is 176 g/mol. The summed E-state index contributed by atoms with van der Waals surface area (Å²) < 4.78 is 12.4. The molecule has 0 saturated carbocycles. The Hall–Kier alpha value is -1.44. The molecule has 0 aliphatic rings. The first-order valence-corrected chi connectivity index (χ1v) is 3.54. The molecular weight excluding hydrogens is 169 g/mol. The molecule has 65 valence electrons. The number of hydrogen-bond donors (Lipinski definition) is 0. The lowest BCUT2D eigenvalue weighted by atomic mass is 10.0. The van der Waals surface area contributed by atoms with E-state index in [2.05, 4.69) is 0 Å². The van der Waals surface area contributed by atoms with Crippen LogP contribution in [0.2, 0.25) is 0 Å². The largest absolute Gasteiger partial charge is 0.207 e. The Labute approximate surface area is 76.6 Å². The van der Waals surface area contributed by atoms with Crippen molar-refractivity contribution < 1.29 is 4.39 Å². The van der Waals surface area contributed by atoms with Gasteiger partial charge in [0.05, 0.1) is 18.5 Å². The van der Waals surface area contributed by atoms with Crippen molar-refractivity contribution in [3.63, 3.8) is 0 Å². The molecule has 0 amide bonds. The molecule has 4 heteroatoms. The van der Waals surface area contributed by atoms with Crippen LogP contribution >= 0.6 is 0 Å². The van der Waals surface area contributed by atoms with Crippen LogP contribution in [0, 0.1) is 17.1 Å². The third kappa shape index (κ3) is 2.82. The fourth-order valence-electron chi connectivity index (χ4n) is 0.916. The van der Waals surface area contributed by atoms with E-state index in [4.69, 9.17) is 11.0 Å². The second-order valence-electron chi connectivity index (χ2n) is 2.42. The van der Waals surface area contributed by atoms with Gasteiger partial charge in [-0.15, -0.1) is 5.73 Å². The van der Waals surface area contributed by atoms with E-state index in [-0.39, 0.29) is 18.5 Å². The summed E-state index contributed by atoms with van der Waals surface area (Å²) in [5.41, 5.74) is 9.37. The summed E-state index contributed by atoms with van der Waals surface area (Å²) in [7, 11) is 0. The predicted octanol–water partition coefficient (Wildman–Crippen LogP) is 1.02. The molecule has 0 N–H and O–H groups in total. The first-order chi connectivity index (χ1) is 5.77. The van der Waals surface area contributed by atoms with Gasteiger partial charge in [0.15, 0.2) is 0 Å². The third-order valence-corrected chi connectivity index (χ3v) is 1.61. The summed E-state index contributed by atoms with van der Waals surface area (Å²) in [6.45, 7) is -0.234. The van der Waals surface area contributed by atoms with E-state index < -0.39 is 5.92 Å². The second kappa shape index (κ2) is 5.25. The quantitative estimate of drug-likeness (QED) is 0.662. The zero-order valence-corrected chi connectivity index (χ0v) is 6.81. The molecule has 1 atom stereocenters. The van der Waals surface area contributed by atoms with Crippen LogP contribution in [0.25, 0.3) is 0 Å². The minimum Gasteiger partial charge on any atom is -0.207 e. The molecule has 3 nitrogen and oxygen atoms in total. The van der Waals surface area contributed by atoms with Crippen LogP contribution < -0.4 is 11.9 Å². The van der Waals surface area contributed by atoms with E-state index >= 15 is 0 Å². The van der Waals surface area contributed by atoms with E-state index in [1.54, 1.807) is 0 Å². The molecule has 0 aliphatic heterocycles. The zero-order chi connectivity index (χ0) is 8.97. The topological polar surface area (TPSA) is 76.6 Å². The van der Waals surface area contributed by atoms with Crippen LogP contribution in [0.1, 0.15) is 11.5 Å². The van der Waals surface area contributed by atoms with Gasteiger partial charge in [-0.3, -0.25) is 0 Å². The van der Waals surface area contributed by atoms with Gasteiger partial charge in [-0.1, -0.05) is 12.1 Å². The Balaban J connectivity index is 0.00000144. The Morgan fingerprint density at radius 3 is 2.23 bits per heavy atom. The van der Waals surface area contributed by atoms with Crippen molar-refractivity contribution >= 4 is 0 Å². The lowest BCUT2D eigenvalue weighted by molar-refractivity contribution is 0.626. The molecule has 0 aromatic heterocycles. The molecule has 1 aromatic carbocycles. The van der Waals surface area contributed by atoms with Crippen LogP contribution in [0.15, 0.2) is 24.3 Å². The van der Waals surface area contributed by atoms with Crippen molar-refractivity contribution in [3.05, 3.63) is 35.6 Å². The SMILES string of the molecule is [N].[N]CC(C#N)c1ccc(F)cc1. The van der Waals surface area contributed by atoms with Crippen molar-refractivity contribution in [2.45, 2.75) is 5.92 Å². The minimum absolute atomic E-state index is 0. The summed E-state index contributed by atoms with van der Waals surface area (Å²) in [5, 5.41) is 8.55. The van der Waals surface area contributed by atoms with Gasteiger partial charge in [0.2, 0.25) is 0 Å². The molecule has 1 unspecified atom stereocenters. The summed E-state index contributed by atoms with van der Waals surface area (Å²) in [5.74, 6) is -0.890. The fraction of sp³-hybridized carbons (Fsp3) is 0.222. The van der Waals surface area contributed by atoms with Crippen molar-refractivity contribution in [1.82, 2.24) is 11.9 Å². The van der Waals surface area contributed by atoms with Gasteiger partial charge in [0, 0.05) is 6.15 Å². The minimum atomic E-state index is -0.550. The number of halogens is 1. The molecule has 1 rings (SSSR count). The Morgan fingerprint density at radius 2 is 1.85 bits per heavy atom. The maximum absolute atomic E-state index is 12.4. The van der Waals surface area contributed by atoms with Gasteiger partial charge < -0.3 is 0 Å². The van der Waals surface area contributed by atoms with E-state index in [0.29, 0.717) is 5.56 Å². The summed E-state index contributed by atoms with van der Waals surface area (Å²) in [6, 6.07) is 7.46. The van der Waals surface area contributed by atoms with Crippen molar-refractivity contribution in [2.75, 3.05) is 6.54 Å². The first kappa shape index (κ1) is 11.6. The number of benzene rings is 1. The lowest BCUT2D eigenvalue weighted by Crippen LogP contribution is -2.02. The number of nitriles is 1. The van der Waals surface area contributed by atoms with Gasteiger partial charge in [0.25, 0.3) is 0 Å². The molecule has 0 aliphatic carbocycles. The van der Waals surface area contributed by atoms with Crippen LogP contribution in [0.5, 0.6) is 0 Å². The van der Waals surface area contributed by atoms with Crippen molar-refractivity contribution in [1.29, 1.82) is 5.26 Å². The van der Waals surface area contributed by atoms with Gasteiger partial charge in [-0.05, 0) is 17.7 Å². The van der Waals surface area contributed by atoms with Gasteiger partial charge >= 0.3 is 0 Å². The van der Waals surface area contributed by atoms with E-state index in [0.717, 1.165) is 0 Å². The predicted molar refractivity (Wildman–Crippen MR) is 43.9 cm³/mol. The van der Waals surface area contributed by atoms with Crippen LogP contribution in [-0.2, 0) is 0 Å². The van der Waals surface area contributed by atoms with Crippen LogP contribution in [-0.4, -0.2) is 6.54 Å². The fourth-order valence-corrected chi connectivity index (χ4v) is 0.916. The van der Waals surface area contributed by atoms with Gasteiger partial charge in [0.1, 0.15) is 5.82 Å². The molecule has 0 fully saturated rings. The lowest BCUT2D eigenvalue weighted by Gasteiger charge is -2.03. The number of hydrogen-bond acceptors (Lipinski definition) is 1. The first-order valence-electron chi connectivity index (χ1n) is 3.54. The summed E-state index contributed by atoms with van der Waals surface area (Å²) in [6.07, 6.45) is 0. The van der Waals surface area contributed by atoms with E-state index in [9.17, 15) is 4.39 Å². The van der Waals surface area contributed by atoms with Crippen molar-refractivity contribution in [2.24, 2.45) is 0 Å². The van der Waals surface area contributed by atoms with Gasteiger partial charge in [-0.2, -0.15) is 5.26 Å². The van der Waals surface area contributed by atoms with Gasteiger partial charge in [-0.25, -0.2) is 4.39 Å². The highest BCUT2D eigenvalue weighted by Crippen LogP contribution is 2.13. The highest BCUT2D eigenvalue weighted by atomic mass is 19.1. The maximum atomic E-state index is 12.4. The molecule has 0 heterocycles. The second-order valence-corrected chi connectivity index (χ2v) is 2.42. The summed E-state index contributed by atoms with van der Waals surface area (Å²) in [4.78, 5) is 0. The van der Waals surface area contributed by atoms with E-state index in [1.165, 1.54) is 24.3 Å². The smallest absolute Gasteiger partial charge is 0.123 e. The Kier molecular flexibility index (Phi) is 4.67. The van der Waals surface area contributed by atoms with Crippen LogP contribution in [0.4, 0.5) is 4.39 Å². The Morgan fingerprint density at radius 1 is 1.31 bits per heavy atom. The van der Waals surface area contributed by atoms with Crippen molar-refractivity contribution in [3.8, 4) is 6.07 Å². The Bertz CT molecular complexity index is 289. The standard InChI is InChI=1S/C9H7FN2.N/c10-9-3-1-7(2-4-9)8(5-11)6-12;/h1-4,8H,5H2;. The number of nitrogens with zero attached hydrogens (tertiary/aromatic N) is 3. The highest BCUT2D eigenvalue weighted by molar-refractivity contribution is 5.25. The average Bonchev–Trinajstić information content (AvgIpc) is 2.10. The third-order valence-electron chi connectivity index (χ3n) is 1.61. The summed E-state index contributed by atoms with van der Waals surface area (Å²) >= 11 is 0. The normalized spacial score (nSPS) is 11.2. The number of rotatable bonds is 2. The molecule has 5 radical (unpaired) electrons. The maximum Gasteiger partial charge on any atom is 0.123 e. The molecule has 0 spiro atoms. The molecule has 13 heavy (non-hydrogen) atoms. The van der Waals surface area contributed by atoms with Crippen LogP contribution in [0.3, 0.4) is 0 Å². The molecule has 0 saturated heterocycles. The molecular formula is C9H7FN3.